The van der Waals surface area contributed by atoms with E-state index in [2.05, 4.69) is 127 Å². The summed E-state index contributed by atoms with van der Waals surface area (Å²) in [6.45, 7) is 2.15. The molecule has 0 radical (unpaired) electrons. The van der Waals surface area contributed by atoms with Gasteiger partial charge in [-0.15, -0.1) is 0 Å². The largest absolute Gasteiger partial charge is 0.226 e. The predicted molar refractivity (Wildman–Crippen MR) is 121 cm³/mol. The zero-order chi connectivity index (χ0) is 19.6. The number of rotatable bonds is 3. The van der Waals surface area contributed by atoms with Gasteiger partial charge in [0.2, 0.25) is 11.4 Å². The summed E-state index contributed by atoms with van der Waals surface area (Å²) in [6, 6.07) is 38.7. The lowest BCUT2D eigenvalue weighted by atomic mass is 9.93. The molecule has 0 saturated carbocycles. The van der Waals surface area contributed by atoms with Crippen LogP contribution in [0.15, 0.2) is 115 Å². The minimum atomic E-state index is 1.16. The minimum Gasteiger partial charge on any atom is -0.159 e. The highest BCUT2D eigenvalue weighted by Gasteiger charge is 2.25. The number of aromatic nitrogens is 1. The molecule has 0 saturated heterocycles. The standard InChI is InChI=1S/C28H22N/c1-21-17-18-26-24(19-21)20-29(25-15-9-4-10-16-25)28(23-13-7-3-8-14-23)27(26)22-11-5-2-6-12-22/h2-20H,1H3/q+1. The predicted octanol–water partition coefficient (Wildman–Crippen LogP) is 6.76. The van der Waals surface area contributed by atoms with Crippen molar-refractivity contribution in [2.24, 2.45) is 0 Å². The molecule has 0 unspecified atom stereocenters. The van der Waals surface area contributed by atoms with Gasteiger partial charge in [-0.25, -0.2) is 0 Å². The van der Waals surface area contributed by atoms with Gasteiger partial charge in [0.25, 0.3) is 0 Å². The average molecular weight is 372 g/mol. The molecular formula is C28H22N+. The van der Waals surface area contributed by atoms with Crippen molar-refractivity contribution in [1.29, 1.82) is 0 Å². The van der Waals surface area contributed by atoms with Gasteiger partial charge >= 0.3 is 0 Å². The molecule has 1 heterocycles. The second kappa shape index (κ2) is 7.37. The number of fused-ring (bicyclic) bond motifs is 1. The molecule has 29 heavy (non-hydrogen) atoms. The third-order valence-corrected chi connectivity index (χ3v) is 5.37. The van der Waals surface area contributed by atoms with Gasteiger partial charge in [-0.1, -0.05) is 84.4 Å². The molecule has 1 aromatic heterocycles. The fourth-order valence-corrected chi connectivity index (χ4v) is 4.04. The zero-order valence-electron chi connectivity index (χ0n) is 16.4. The van der Waals surface area contributed by atoms with E-state index in [1.165, 1.54) is 38.7 Å². The average Bonchev–Trinajstić information content (AvgIpc) is 2.79. The van der Waals surface area contributed by atoms with Crippen molar-refractivity contribution >= 4 is 10.8 Å². The molecule has 0 bridgehead atoms. The summed E-state index contributed by atoms with van der Waals surface area (Å²) in [5.41, 5.74) is 7.33. The summed E-state index contributed by atoms with van der Waals surface area (Å²) in [7, 11) is 0. The van der Waals surface area contributed by atoms with E-state index in [4.69, 9.17) is 0 Å². The van der Waals surface area contributed by atoms with Gasteiger partial charge < -0.3 is 0 Å². The van der Waals surface area contributed by atoms with E-state index < -0.39 is 0 Å². The van der Waals surface area contributed by atoms with Crippen molar-refractivity contribution in [3.8, 4) is 28.1 Å². The molecule has 0 fully saturated rings. The van der Waals surface area contributed by atoms with Crippen LogP contribution in [0.1, 0.15) is 5.56 Å². The summed E-state index contributed by atoms with van der Waals surface area (Å²) in [5, 5.41) is 2.51. The van der Waals surface area contributed by atoms with E-state index in [1.54, 1.807) is 0 Å². The first-order valence-corrected chi connectivity index (χ1v) is 9.96. The topological polar surface area (TPSA) is 3.88 Å². The molecule has 0 N–H and O–H groups in total. The molecule has 1 nitrogen and oxygen atoms in total. The summed E-state index contributed by atoms with van der Waals surface area (Å²) in [5.74, 6) is 0. The van der Waals surface area contributed by atoms with Crippen LogP contribution in [0, 0.1) is 6.92 Å². The summed E-state index contributed by atoms with van der Waals surface area (Å²) < 4.78 is 2.33. The van der Waals surface area contributed by atoms with Crippen LogP contribution >= 0.6 is 0 Å². The number of hydrogen-bond donors (Lipinski definition) is 0. The Labute approximate surface area is 171 Å². The lowest BCUT2D eigenvalue weighted by molar-refractivity contribution is -0.581. The first kappa shape index (κ1) is 17.4. The SMILES string of the molecule is Cc1ccc2c(-c3ccccc3)c(-c3ccccc3)[n+](-c3ccccc3)cc2c1. The Balaban J connectivity index is 1.98. The first-order chi connectivity index (χ1) is 14.3. The molecule has 4 aromatic carbocycles. The Morgan fingerprint density at radius 3 is 1.83 bits per heavy atom. The molecule has 5 rings (SSSR count). The molecule has 5 aromatic rings. The lowest BCUT2D eigenvalue weighted by Gasteiger charge is -2.14. The van der Waals surface area contributed by atoms with Crippen molar-refractivity contribution in [3.63, 3.8) is 0 Å². The van der Waals surface area contributed by atoms with Gasteiger partial charge in [0, 0.05) is 28.5 Å². The van der Waals surface area contributed by atoms with Crippen LogP contribution in [0.4, 0.5) is 0 Å². The van der Waals surface area contributed by atoms with Gasteiger partial charge in [0.05, 0.1) is 5.56 Å². The molecule has 138 valence electrons. The van der Waals surface area contributed by atoms with Crippen molar-refractivity contribution in [2.75, 3.05) is 0 Å². The third kappa shape index (κ3) is 3.21. The van der Waals surface area contributed by atoms with Crippen LogP contribution in [0.25, 0.3) is 38.8 Å². The maximum absolute atomic E-state index is 2.33. The van der Waals surface area contributed by atoms with Crippen molar-refractivity contribution in [1.82, 2.24) is 0 Å². The Bertz CT molecular complexity index is 1270. The minimum absolute atomic E-state index is 1.16. The lowest BCUT2D eigenvalue weighted by Crippen LogP contribution is -2.34. The summed E-state index contributed by atoms with van der Waals surface area (Å²) >= 11 is 0. The molecule has 1 heteroatoms. The van der Waals surface area contributed by atoms with Crippen molar-refractivity contribution in [3.05, 3.63) is 121 Å². The number of nitrogens with zero attached hydrogens (tertiary/aromatic N) is 1. The third-order valence-electron chi connectivity index (χ3n) is 5.37. The maximum atomic E-state index is 2.33. The second-order valence-corrected chi connectivity index (χ2v) is 7.38. The Morgan fingerprint density at radius 1 is 0.586 bits per heavy atom. The number of hydrogen-bond acceptors (Lipinski definition) is 0. The highest BCUT2D eigenvalue weighted by molar-refractivity contribution is 6.01. The maximum Gasteiger partial charge on any atom is 0.226 e. The smallest absolute Gasteiger partial charge is 0.159 e. The quantitative estimate of drug-likeness (QED) is 0.308. The molecule has 0 aliphatic rings. The first-order valence-electron chi connectivity index (χ1n) is 9.96. The van der Waals surface area contributed by atoms with Crippen LogP contribution in [0.5, 0.6) is 0 Å². The summed E-state index contributed by atoms with van der Waals surface area (Å²) in [6.07, 6.45) is 2.27. The van der Waals surface area contributed by atoms with Crippen molar-refractivity contribution in [2.45, 2.75) is 6.92 Å². The normalized spacial score (nSPS) is 10.9. The molecule has 0 aliphatic heterocycles. The van der Waals surface area contributed by atoms with E-state index in [0.29, 0.717) is 0 Å². The second-order valence-electron chi connectivity index (χ2n) is 7.38. The molecule has 0 amide bonds. The summed E-state index contributed by atoms with van der Waals surface area (Å²) in [4.78, 5) is 0. The van der Waals surface area contributed by atoms with E-state index in [0.717, 1.165) is 5.69 Å². The van der Waals surface area contributed by atoms with Crippen LogP contribution in [-0.2, 0) is 0 Å². The zero-order valence-corrected chi connectivity index (χ0v) is 16.4. The fraction of sp³-hybridized carbons (Fsp3) is 0.0357. The highest BCUT2D eigenvalue weighted by Crippen LogP contribution is 2.36. The number of para-hydroxylation sites is 1. The van der Waals surface area contributed by atoms with E-state index in [-0.39, 0.29) is 0 Å². The highest BCUT2D eigenvalue weighted by atomic mass is 15.0. The van der Waals surface area contributed by atoms with Gasteiger partial charge in [-0.2, -0.15) is 4.57 Å². The Morgan fingerprint density at radius 2 is 1.17 bits per heavy atom. The van der Waals surface area contributed by atoms with Crippen LogP contribution in [0.2, 0.25) is 0 Å². The van der Waals surface area contributed by atoms with Crippen molar-refractivity contribution < 1.29 is 4.57 Å². The molecular weight excluding hydrogens is 350 g/mol. The van der Waals surface area contributed by atoms with Gasteiger partial charge in [-0.05, 0) is 30.7 Å². The van der Waals surface area contributed by atoms with Gasteiger partial charge in [0.1, 0.15) is 0 Å². The Hall–Kier alpha value is -3.71. The molecule has 0 atom stereocenters. The van der Waals surface area contributed by atoms with Gasteiger partial charge in [-0.3, -0.25) is 0 Å². The molecule has 0 spiro atoms. The number of benzene rings is 4. The van der Waals surface area contributed by atoms with Crippen LogP contribution in [-0.4, -0.2) is 0 Å². The Kier molecular flexibility index (Phi) is 4.42. The monoisotopic (exact) mass is 372 g/mol. The van der Waals surface area contributed by atoms with E-state index in [1.807, 2.05) is 0 Å². The van der Waals surface area contributed by atoms with Crippen LogP contribution < -0.4 is 4.57 Å². The fourth-order valence-electron chi connectivity index (χ4n) is 4.04. The van der Waals surface area contributed by atoms with Crippen LogP contribution in [0.3, 0.4) is 0 Å². The number of aryl methyl sites for hydroxylation is 1. The number of pyridine rings is 1. The van der Waals surface area contributed by atoms with E-state index >= 15 is 0 Å². The van der Waals surface area contributed by atoms with Gasteiger partial charge in [0.15, 0.2) is 6.20 Å². The van der Waals surface area contributed by atoms with E-state index in [9.17, 15) is 0 Å². The molecule has 0 aliphatic carbocycles.